The predicted molar refractivity (Wildman–Crippen MR) is 76.2 cm³/mol. The lowest BCUT2D eigenvalue weighted by molar-refractivity contribution is -0.118. The van der Waals surface area contributed by atoms with Gasteiger partial charge in [0.2, 0.25) is 5.91 Å². The molecular weight excluding hydrogens is 280 g/mol. The molecule has 0 atom stereocenters. The van der Waals surface area contributed by atoms with Crippen LogP contribution in [0.25, 0.3) is 0 Å². The fourth-order valence-corrected chi connectivity index (χ4v) is 1.69. The van der Waals surface area contributed by atoms with Crippen molar-refractivity contribution in [2.24, 2.45) is 5.73 Å². The smallest absolute Gasteiger partial charge is 0.251 e. The Morgan fingerprint density at radius 2 is 2.15 bits per heavy atom. The maximum atomic E-state index is 11.8. The highest BCUT2D eigenvalue weighted by atomic mass is 35.5. The Morgan fingerprint density at radius 1 is 1.40 bits per heavy atom. The van der Waals surface area contributed by atoms with Gasteiger partial charge in [-0.05, 0) is 24.6 Å². The van der Waals surface area contributed by atoms with E-state index in [0.29, 0.717) is 29.1 Å². The molecule has 0 unspecified atom stereocenters. The number of carbonyl (C=O) groups is 2. The molecule has 0 aliphatic heterocycles. The first-order chi connectivity index (χ1) is 9.54. The van der Waals surface area contributed by atoms with Crippen molar-refractivity contribution in [3.63, 3.8) is 0 Å². The van der Waals surface area contributed by atoms with E-state index in [4.69, 9.17) is 22.4 Å². The average molecular weight is 295 g/mol. The molecule has 106 valence electrons. The van der Waals surface area contributed by atoms with Crippen molar-refractivity contribution in [2.75, 3.05) is 13.2 Å². The normalized spacial score (nSPS) is 9.50. The van der Waals surface area contributed by atoms with Crippen LogP contribution < -0.4 is 11.1 Å². The summed E-state index contributed by atoms with van der Waals surface area (Å²) < 4.78 is 0. The van der Waals surface area contributed by atoms with Gasteiger partial charge in [-0.2, -0.15) is 0 Å². The molecule has 0 aromatic heterocycles. The second kappa shape index (κ2) is 8.20. The summed E-state index contributed by atoms with van der Waals surface area (Å²) in [7, 11) is 0. The third-order valence-electron chi connectivity index (χ3n) is 2.42. The number of hydrogen-bond acceptors (Lipinski definition) is 3. The molecule has 5 nitrogen and oxygen atoms in total. The second-order valence-electron chi connectivity index (χ2n) is 3.98. The Labute approximate surface area is 122 Å². The Bertz CT molecular complexity index is 561. The molecule has 0 aliphatic rings. The van der Waals surface area contributed by atoms with E-state index in [9.17, 15) is 9.59 Å². The molecule has 1 aromatic rings. The van der Waals surface area contributed by atoms with Gasteiger partial charge >= 0.3 is 0 Å². The summed E-state index contributed by atoms with van der Waals surface area (Å²) >= 11 is 5.99. The van der Waals surface area contributed by atoms with Crippen molar-refractivity contribution in [1.82, 2.24) is 5.32 Å². The minimum atomic E-state index is -0.394. The fraction of sp³-hybridized carbons (Fsp3) is 0.286. The summed E-state index contributed by atoms with van der Waals surface area (Å²) in [4.78, 5) is 22.3. The van der Waals surface area contributed by atoms with Gasteiger partial charge in [0.1, 0.15) is 6.61 Å². The molecule has 0 radical (unpaired) electrons. The summed E-state index contributed by atoms with van der Waals surface area (Å²) in [5.41, 5.74) is 5.95. The van der Waals surface area contributed by atoms with E-state index in [1.165, 1.54) is 6.07 Å². The van der Waals surface area contributed by atoms with Gasteiger partial charge in [0, 0.05) is 24.1 Å². The largest absolute Gasteiger partial charge is 0.384 e. The van der Waals surface area contributed by atoms with E-state index in [1.54, 1.807) is 12.1 Å². The van der Waals surface area contributed by atoms with Gasteiger partial charge in [-0.15, -0.1) is 0 Å². The number of amides is 2. The van der Waals surface area contributed by atoms with E-state index >= 15 is 0 Å². The SMILES string of the molecule is NC(=O)CCCNC(=O)c1ccc(C#CCO)c(Cl)c1. The van der Waals surface area contributed by atoms with Crippen LogP contribution in [0.1, 0.15) is 28.8 Å². The minimum absolute atomic E-state index is 0.233. The third-order valence-corrected chi connectivity index (χ3v) is 2.73. The van der Waals surface area contributed by atoms with Gasteiger partial charge in [0.05, 0.1) is 5.02 Å². The zero-order chi connectivity index (χ0) is 15.0. The van der Waals surface area contributed by atoms with Crippen molar-refractivity contribution < 1.29 is 14.7 Å². The Hall–Kier alpha value is -2.03. The molecule has 0 fully saturated rings. The molecule has 0 spiro atoms. The highest BCUT2D eigenvalue weighted by Crippen LogP contribution is 2.17. The van der Waals surface area contributed by atoms with Crippen LogP contribution in [0.4, 0.5) is 0 Å². The molecular formula is C14H15ClN2O3. The molecule has 4 N–H and O–H groups in total. The highest BCUT2D eigenvalue weighted by Gasteiger charge is 2.07. The number of aliphatic hydroxyl groups is 1. The van der Waals surface area contributed by atoms with E-state index in [2.05, 4.69) is 17.2 Å². The fourth-order valence-electron chi connectivity index (χ4n) is 1.46. The molecule has 0 aliphatic carbocycles. The number of halogens is 1. The maximum Gasteiger partial charge on any atom is 0.251 e. The molecule has 0 bridgehead atoms. The lowest BCUT2D eigenvalue weighted by Gasteiger charge is -2.05. The quantitative estimate of drug-likeness (QED) is 0.551. The van der Waals surface area contributed by atoms with Crippen LogP contribution >= 0.6 is 11.6 Å². The molecule has 1 rings (SSSR count). The molecule has 6 heteroatoms. The summed E-state index contributed by atoms with van der Waals surface area (Å²) in [6.45, 7) is 0.115. The first-order valence-electron chi connectivity index (χ1n) is 6.00. The standard InChI is InChI=1S/C14H15ClN2O3/c15-12-9-11(6-5-10(12)3-2-8-18)14(20)17-7-1-4-13(16)19/h5-6,9,18H,1,4,7-8H2,(H2,16,19)(H,17,20). The Balaban J connectivity index is 2.61. The van der Waals surface area contributed by atoms with Crippen LogP contribution in [-0.4, -0.2) is 30.1 Å². The van der Waals surface area contributed by atoms with E-state index < -0.39 is 5.91 Å². The number of nitrogens with two attached hydrogens (primary N) is 1. The monoisotopic (exact) mass is 294 g/mol. The average Bonchev–Trinajstić information content (AvgIpc) is 2.41. The number of primary amides is 1. The van der Waals surface area contributed by atoms with Crippen molar-refractivity contribution in [1.29, 1.82) is 0 Å². The zero-order valence-electron chi connectivity index (χ0n) is 10.8. The first kappa shape index (κ1) is 16.0. The number of hydrogen-bond donors (Lipinski definition) is 3. The molecule has 0 saturated heterocycles. The second-order valence-corrected chi connectivity index (χ2v) is 4.39. The molecule has 2 amide bonds. The Morgan fingerprint density at radius 3 is 2.75 bits per heavy atom. The van der Waals surface area contributed by atoms with Crippen LogP contribution in [0.3, 0.4) is 0 Å². The number of aliphatic hydroxyl groups excluding tert-OH is 1. The molecule has 0 heterocycles. The summed E-state index contributed by atoms with van der Waals surface area (Å²) in [6, 6.07) is 4.71. The van der Waals surface area contributed by atoms with Crippen molar-refractivity contribution in [3.8, 4) is 11.8 Å². The van der Waals surface area contributed by atoms with Crippen LogP contribution in [-0.2, 0) is 4.79 Å². The van der Waals surface area contributed by atoms with Gasteiger partial charge in [-0.3, -0.25) is 9.59 Å². The van der Waals surface area contributed by atoms with Gasteiger partial charge in [0.25, 0.3) is 5.91 Å². The molecule has 20 heavy (non-hydrogen) atoms. The van der Waals surface area contributed by atoms with Gasteiger partial charge in [-0.1, -0.05) is 23.4 Å². The first-order valence-corrected chi connectivity index (χ1v) is 6.38. The summed E-state index contributed by atoms with van der Waals surface area (Å²) in [5, 5.41) is 11.6. The van der Waals surface area contributed by atoms with Crippen molar-refractivity contribution in [2.45, 2.75) is 12.8 Å². The molecule has 0 saturated carbocycles. The summed E-state index contributed by atoms with van der Waals surface area (Å²) in [5.74, 6) is 4.49. The zero-order valence-corrected chi connectivity index (χ0v) is 11.5. The van der Waals surface area contributed by atoms with Crippen LogP contribution in [0.15, 0.2) is 18.2 Å². The maximum absolute atomic E-state index is 11.8. The highest BCUT2D eigenvalue weighted by molar-refractivity contribution is 6.32. The predicted octanol–water partition coefficient (Wildman–Crippen LogP) is 0.679. The van der Waals surface area contributed by atoms with Gasteiger partial charge in [-0.25, -0.2) is 0 Å². The van der Waals surface area contributed by atoms with Crippen LogP contribution in [0.5, 0.6) is 0 Å². The number of rotatable bonds is 5. The number of benzene rings is 1. The Kier molecular flexibility index (Phi) is 6.57. The van der Waals surface area contributed by atoms with Gasteiger partial charge in [0.15, 0.2) is 0 Å². The van der Waals surface area contributed by atoms with E-state index in [0.717, 1.165) is 0 Å². The van der Waals surface area contributed by atoms with Crippen molar-refractivity contribution >= 4 is 23.4 Å². The minimum Gasteiger partial charge on any atom is -0.384 e. The van der Waals surface area contributed by atoms with Crippen LogP contribution in [0, 0.1) is 11.8 Å². The van der Waals surface area contributed by atoms with Gasteiger partial charge < -0.3 is 16.2 Å². The lowest BCUT2D eigenvalue weighted by Crippen LogP contribution is -2.25. The van der Waals surface area contributed by atoms with E-state index in [1.807, 2.05) is 0 Å². The number of carbonyl (C=O) groups excluding carboxylic acids is 2. The summed E-state index contributed by atoms with van der Waals surface area (Å²) in [6.07, 6.45) is 0.728. The third kappa shape index (κ3) is 5.31. The molecule has 1 aromatic carbocycles. The number of nitrogens with one attached hydrogen (secondary N) is 1. The van der Waals surface area contributed by atoms with E-state index in [-0.39, 0.29) is 18.9 Å². The topological polar surface area (TPSA) is 92.4 Å². The van der Waals surface area contributed by atoms with Crippen molar-refractivity contribution in [3.05, 3.63) is 34.3 Å². The van der Waals surface area contributed by atoms with Crippen LogP contribution in [0.2, 0.25) is 5.02 Å². The lowest BCUT2D eigenvalue weighted by atomic mass is 10.1.